The van der Waals surface area contributed by atoms with Crippen LogP contribution in [0, 0.1) is 0 Å². The van der Waals surface area contributed by atoms with Gasteiger partial charge in [-0.15, -0.1) is 0 Å². The number of rotatable bonds is 3. The van der Waals surface area contributed by atoms with E-state index >= 15 is 0 Å². The van der Waals surface area contributed by atoms with Gasteiger partial charge >= 0.3 is 0 Å². The molecule has 0 spiro atoms. The largest absolute Gasteiger partial charge is 0.399 e. The van der Waals surface area contributed by atoms with Crippen molar-refractivity contribution in [2.45, 2.75) is 32.7 Å². The number of nitrogen functional groups attached to an aromatic ring is 1. The van der Waals surface area contributed by atoms with Crippen molar-refractivity contribution in [3.63, 3.8) is 0 Å². The van der Waals surface area contributed by atoms with E-state index in [0.717, 1.165) is 12.1 Å². The van der Waals surface area contributed by atoms with Gasteiger partial charge in [0.1, 0.15) is 0 Å². The number of nitrogens with zero attached hydrogens (tertiary/aromatic N) is 1. The standard InChI is InChI=1S/C12H20N2/c1-5-12(2,3)14(4)11-8-6-10(13)7-9-11/h6-9H,5,13H2,1-4H3. The third kappa shape index (κ3) is 2.19. The van der Waals surface area contributed by atoms with Gasteiger partial charge in [0, 0.05) is 24.0 Å². The van der Waals surface area contributed by atoms with Gasteiger partial charge in [0.05, 0.1) is 0 Å². The van der Waals surface area contributed by atoms with Crippen LogP contribution in [-0.4, -0.2) is 12.6 Å². The second-order valence-corrected chi connectivity index (χ2v) is 4.32. The maximum atomic E-state index is 5.65. The fourth-order valence-electron chi connectivity index (χ4n) is 1.28. The van der Waals surface area contributed by atoms with Crippen molar-refractivity contribution in [2.75, 3.05) is 17.7 Å². The van der Waals surface area contributed by atoms with Gasteiger partial charge in [0.2, 0.25) is 0 Å². The number of nitrogens with two attached hydrogens (primary N) is 1. The first kappa shape index (κ1) is 10.9. The van der Waals surface area contributed by atoms with E-state index in [2.05, 4.69) is 44.9 Å². The van der Waals surface area contributed by atoms with E-state index in [1.54, 1.807) is 0 Å². The van der Waals surface area contributed by atoms with Gasteiger partial charge in [0.25, 0.3) is 0 Å². The Hall–Kier alpha value is -1.18. The minimum Gasteiger partial charge on any atom is -0.399 e. The zero-order valence-corrected chi connectivity index (χ0v) is 9.54. The zero-order chi connectivity index (χ0) is 10.8. The van der Waals surface area contributed by atoms with Crippen LogP contribution in [0.4, 0.5) is 11.4 Å². The molecule has 0 fully saturated rings. The highest BCUT2D eigenvalue weighted by Crippen LogP contribution is 2.25. The first-order valence-corrected chi connectivity index (χ1v) is 5.07. The Morgan fingerprint density at radius 2 is 1.71 bits per heavy atom. The third-order valence-electron chi connectivity index (χ3n) is 3.05. The van der Waals surface area contributed by atoms with Crippen LogP contribution in [0.25, 0.3) is 0 Å². The van der Waals surface area contributed by atoms with E-state index in [1.807, 2.05) is 12.1 Å². The Bertz CT molecular complexity index is 288. The molecule has 0 saturated carbocycles. The first-order chi connectivity index (χ1) is 6.47. The quantitative estimate of drug-likeness (QED) is 0.746. The van der Waals surface area contributed by atoms with Crippen molar-refractivity contribution in [3.05, 3.63) is 24.3 Å². The molecule has 14 heavy (non-hydrogen) atoms. The van der Waals surface area contributed by atoms with E-state index in [0.29, 0.717) is 0 Å². The smallest absolute Gasteiger partial charge is 0.0369 e. The van der Waals surface area contributed by atoms with E-state index in [4.69, 9.17) is 5.73 Å². The van der Waals surface area contributed by atoms with Gasteiger partial charge < -0.3 is 10.6 Å². The summed E-state index contributed by atoms with van der Waals surface area (Å²) in [5.41, 5.74) is 7.87. The number of hydrogen-bond acceptors (Lipinski definition) is 2. The predicted octanol–water partition coefficient (Wildman–Crippen LogP) is 2.89. The molecular formula is C12H20N2. The molecule has 2 N–H and O–H groups in total. The van der Waals surface area contributed by atoms with Crippen molar-refractivity contribution in [1.82, 2.24) is 0 Å². The fourth-order valence-corrected chi connectivity index (χ4v) is 1.28. The number of benzene rings is 1. The van der Waals surface area contributed by atoms with E-state index in [1.165, 1.54) is 5.69 Å². The summed E-state index contributed by atoms with van der Waals surface area (Å²) in [6.07, 6.45) is 1.12. The summed E-state index contributed by atoms with van der Waals surface area (Å²) >= 11 is 0. The van der Waals surface area contributed by atoms with Crippen LogP contribution in [0.15, 0.2) is 24.3 Å². The van der Waals surface area contributed by atoms with E-state index < -0.39 is 0 Å². The molecule has 0 radical (unpaired) electrons. The normalized spacial score (nSPS) is 11.4. The minimum atomic E-state index is 0.191. The molecule has 0 aliphatic heterocycles. The highest BCUT2D eigenvalue weighted by Gasteiger charge is 2.20. The number of hydrogen-bond donors (Lipinski definition) is 1. The highest BCUT2D eigenvalue weighted by molar-refractivity contribution is 5.53. The van der Waals surface area contributed by atoms with Crippen molar-refractivity contribution in [1.29, 1.82) is 0 Å². The third-order valence-corrected chi connectivity index (χ3v) is 3.05. The molecule has 0 unspecified atom stereocenters. The molecule has 0 bridgehead atoms. The molecule has 0 amide bonds. The summed E-state index contributed by atoms with van der Waals surface area (Å²) in [7, 11) is 2.12. The summed E-state index contributed by atoms with van der Waals surface area (Å²) in [5.74, 6) is 0. The topological polar surface area (TPSA) is 29.3 Å². The Kier molecular flexibility index (Phi) is 3.04. The zero-order valence-electron chi connectivity index (χ0n) is 9.54. The maximum Gasteiger partial charge on any atom is 0.0369 e. The van der Waals surface area contributed by atoms with Crippen molar-refractivity contribution < 1.29 is 0 Å². The molecule has 2 nitrogen and oxygen atoms in total. The summed E-state index contributed by atoms with van der Waals surface area (Å²) in [4.78, 5) is 2.28. The Morgan fingerprint density at radius 3 is 2.14 bits per heavy atom. The van der Waals surface area contributed by atoms with Gasteiger partial charge in [-0.1, -0.05) is 6.92 Å². The molecule has 1 aromatic carbocycles. The molecule has 0 atom stereocenters. The van der Waals surface area contributed by atoms with E-state index in [-0.39, 0.29) is 5.54 Å². The van der Waals surface area contributed by atoms with Gasteiger partial charge in [-0.2, -0.15) is 0 Å². The molecule has 78 valence electrons. The van der Waals surface area contributed by atoms with Crippen molar-refractivity contribution >= 4 is 11.4 Å². The summed E-state index contributed by atoms with van der Waals surface area (Å²) in [5, 5.41) is 0. The monoisotopic (exact) mass is 192 g/mol. The van der Waals surface area contributed by atoms with Crippen LogP contribution in [0.5, 0.6) is 0 Å². The lowest BCUT2D eigenvalue weighted by Gasteiger charge is -2.36. The average molecular weight is 192 g/mol. The molecule has 1 aromatic rings. The van der Waals surface area contributed by atoms with Crippen LogP contribution in [0.1, 0.15) is 27.2 Å². The van der Waals surface area contributed by atoms with Crippen LogP contribution in [0.3, 0.4) is 0 Å². The SMILES string of the molecule is CCC(C)(C)N(C)c1ccc(N)cc1. The summed E-state index contributed by atoms with van der Waals surface area (Å²) in [6.45, 7) is 6.68. The lowest BCUT2D eigenvalue weighted by molar-refractivity contribution is 0.471. The Balaban J connectivity index is 2.89. The van der Waals surface area contributed by atoms with Gasteiger partial charge in [-0.05, 0) is 44.5 Å². The Morgan fingerprint density at radius 1 is 1.21 bits per heavy atom. The average Bonchev–Trinajstić information content (AvgIpc) is 2.18. The van der Waals surface area contributed by atoms with Crippen LogP contribution in [-0.2, 0) is 0 Å². The maximum absolute atomic E-state index is 5.65. The van der Waals surface area contributed by atoms with Crippen molar-refractivity contribution in [3.8, 4) is 0 Å². The molecule has 0 aromatic heterocycles. The minimum absolute atomic E-state index is 0.191. The first-order valence-electron chi connectivity index (χ1n) is 5.07. The lowest BCUT2D eigenvalue weighted by Crippen LogP contribution is -2.40. The van der Waals surface area contributed by atoms with Gasteiger partial charge in [-0.3, -0.25) is 0 Å². The summed E-state index contributed by atoms with van der Waals surface area (Å²) in [6, 6.07) is 8.01. The molecule has 1 rings (SSSR count). The molecule has 0 aliphatic carbocycles. The van der Waals surface area contributed by atoms with Crippen molar-refractivity contribution in [2.24, 2.45) is 0 Å². The predicted molar refractivity (Wildman–Crippen MR) is 63.6 cm³/mol. The molecule has 0 saturated heterocycles. The molecule has 0 aliphatic rings. The molecular weight excluding hydrogens is 172 g/mol. The highest BCUT2D eigenvalue weighted by atomic mass is 15.2. The molecule has 2 heteroatoms. The van der Waals surface area contributed by atoms with Gasteiger partial charge in [-0.25, -0.2) is 0 Å². The van der Waals surface area contributed by atoms with Crippen LogP contribution < -0.4 is 10.6 Å². The van der Waals surface area contributed by atoms with Gasteiger partial charge in [0.15, 0.2) is 0 Å². The lowest BCUT2D eigenvalue weighted by atomic mass is 9.99. The van der Waals surface area contributed by atoms with E-state index in [9.17, 15) is 0 Å². The summed E-state index contributed by atoms with van der Waals surface area (Å²) < 4.78 is 0. The van der Waals surface area contributed by atoms with Crippen LogP contribution >= 0.6 is 0 Å². The Labute approximate surface area is 86.7 Å². The fraction of sp³-hybridized carbons (Fsp3) is 0.500. The second kappa shape index (κ2) is 3.91. The number of anilines is 2. The van der Waals surface area contributed by atoms with Crippen LogP contribution in [0.2, 0.25) is 0 Å². The molecule has 0 heterocycles. The second-order valence-electron chi connectivity index (χ2n) is 4.32.